The van der Waals surface area contributed by atoms with Crippen LogP contribution in [0.1, 0.15) is 31.8 Å². The molecule has 0 aliphatic heterocycles. The summed E-state index contributed by atoms with van der Waals surface area (Å²) in [6.07, 6.45) is 0. The third kappa shape index (κ3) is 4.28. The van der Waals surface area contributed by atoms with Gasteiger partial charge in [0.15, 0.2) is 11.6 Å². The van der Waals surface area contributed by atoms with Gasteiger partial charge in [-0.25, -0.2) is 0 Å². The molecule has 5 aromatic carbocycles. The van der Waals surface area contributed by atoms with E-state index < -0.39 is 0 Å². The summed E-state index contributed by atoms with van der Waals surface area (Å²) in [7, 11) is 0. The number of carbonyl (C=O) groups is 2. The van der Waals surface area contributed by atoms with E-state index in [0.29, 0.717) is 27.8 Å². The van der Waals surface area contributed by atoms with Crippen molar-refractivity contribution in [2.75, 3.05) is 0 Å². The summed E-state index contributed by atoms with van der Waals surface area (Å²) >= 11 is 0. The zero-order valence-corrected chi connectivity index (χ0v) is 19.3. The molecule has 0 fully saturated rings. The minimum absolute atomic E-state index is 0.0500. The third-order valence-electron chi connectivity index (χ3n) is 6.10. The number of benzene rings is 5. The Morgan fingerprint density at radius 2 is 1.06 bits per heavy atom. The maximum atomic E-state index is 13.9. The fraction of sp³-hybridized carbons (Fsp3) is 0. The maximum Gasteiger partial charge on any atom is 0.194 e. The highest BCUT2D eigenvalue weighted by atomic mass is 16.3. The second-order valence-electron chi connectivity index (χ2n) is 8.37. The number of phenols is 2. The molecule has 5 rings (SSSR count). The molecule has 0 aliphatic carbocycles. The Kier molecular flexibility index (Phi) is 6.16. The number of carbonyl (C=O) groups excluding carboxylic acids is 2. The zero-order valence-electron chi connectivity index (χ0n) is 19.3. The van der Waals surface area contributed by atoms with Crippen LogP contribution in [0.3, 0.4) is 0 Å². The fourth-order valence-corrected chi connectivity index (χ4v) is 4.33. The van der Waals surface area contributed by atoms with E-state index in [0.717, 1.165) is 5.56 Å². The monoisotopic (exact) mass is 470 g/mol. The van der Waals surface area contributed by atoms with Crippen LogP contribution < -0.4 is 0 Å². The highest BCUT2D eigenvalue weighted by molar-refractivity contribution is 6.23. The number of hydrogen-bond acceptors (Lipinski definition) is 4. The molecule has 5 aromatic rings. The lowest BCUT2D eigenvalue weighted by molar-refractivity contribution is 0.100. The minimum atomic E-state index is -0.386. The predicted molar refractivity (Wildman–Crippen MR) is 140 cm³/mol. The van der Waals surface area contributed by atoms with Crippen LogP contribution in [0.25, 0.3) is 22.3 Å². The Bertz CT molecular complexity index is 1560. The van der Waals surface area contributed by atoms with Gasteiger partial charge < -0.3 is 10.2 Å². The van der Waals surface area contributed by atoms with Crippen LogP contribution in [0.15, 0.2) is 121 Å². The lowest BCUT2D eigenvalue weighted by Gasteiger charge is -2.16. The summed E-state index contributed by atoms with van der Waals surface area (Å²) in [5.74, 6) is -0.791. The average molecular weight is 471 g/mol. The molecule has 0 amide bonds. The van der Waals surface area contributed by atoms with Crippen LogP contribution in [-0.4, -0.2) is 21.8 Å². The van der Waals surface area contributed by atoms with Gasteiger partial charge in [0.05, 0.1) is 0 Å². The minimum Gasteiger partial charge on any atom is -0.507 e. The summed E-state index contributed by atoms with van der Waals surface area (Å²) in [5, 5.41) is 21.3. The van der Waals surface area contributed by atoms with Crippen molar-refractivity contribution in [2.45, 2.75) is 0 Å². The third-order valence-corrected chi connectivity index (χ3v) is 6.10. The molecule has 0 atom stereocenters. The first-order valence-electron chi connectivity index (χ1n) is 11.5. The van der Waals surface area contributed by atoms with Gasteiger partial charge in [0.25, 0.3) is 0 Å². The van der Waals surface area contributed by atoms with Crippen molar-refractivity contribution in [3.8, 4) is 33.8 Å². The van der Waals surface area contributed by atoms with Gasteiger partial charge >= 0.3 is 0 Å². The lowest BCUT2D eigenvalue weighted by atomic mass is 9.86. The van der Waals surface area contributed by atoms with E-state index in [9.17, 15) is 19.8 Å². The maximum absolute atomic E-state index is 13.9. The smallest absolute Gasteiger partial charge is 0.194 e. The van der Waals surface area contributed by atoms with Crippen LogP contribution in [0.4, 0.5) is 0 Å². The number of phenolic OH excluding ortho intramolecular Hbond substituents is 2. The molecule has 0 heterocycles. The van der Waals surface area contributed by atoms with Crippen molar-refractivity contribution in [1.82, 2.24) is 0 Å². The van der Waals surface area contributed by atoms with Gasteiger partial charge in [-0.2, -0.15) is 0 Å². The van der Waals surface area contributed by atoms with Crippen molar-refractivity contribution in [3.05, 3.63) is 144 Å². The van der Waals surface area contributed by atoms with Crippen LogP contribution in [0, 0.1) is 0 Å². The van der Waals surface area contributed by atoms with Crippen LogP contribution in [-0.2, 0) is 0 Å². The topological polar surface area (TPSA) is 74.6 Å². The first kappa shape index (κ1) is 22.8. The zero-order chi connectivity index (χ0) is 25.1. The van der Waals surface area contributed by atoms with E-state index in [2.05, 4.69) is 0 Å². The van der Waals surface area contributed by atoms with E-state index in [1.807, 2.05) is 54.6 Å². The lowest BCUT2D eigenvalue weighted by Crippen LogP contribution is -2.13. The Morgan fingerprint density at radius 1 is 0.500 bits per heavy atom. The van der Waals surface area contributed by atoms with E-state index in [1.165, 1.54) is 24.3 Å². The molecule has 0 aliphatic rings. The molecule has 174 valence electrons. The summed E-state index contributed by atoms with van der Waals surface area (Å²) in [5.41, 5.74) is 3.23. The van der Waals surface area contributed by atoms with Gasteiger partial charge in [-0.05, 0) is 41.5 Å². The molecular formula is C32H22O4. The molecule has 0 bridgehead atoms. The van der Waals surface area contributed by atoms with Gasteiger partial charge in [-0.1, -0.05) is 91.0 Å². The quantitative estimate of drug-likeness (QED) is 0.265. The summed E-state index contributed by atoms with van der Waals surface area (Å²) in [6.45, 7) is 0. The molecule has 0 aromatic heterocycles. The molecule has 0 saturated carbocycles. The highest BCUT2D eigenvalue weighted by Crippen LogP contribution is 2.38. The fourth-order valence-electron chi connectivity index (χ4n) is 4.33. The van der Waals surface area contributed by atoms with Crippen molar-refractivity contribution in [3.63, 3.8) is 0 Å². The number of aromatic hydroxyl groups is 2. The standard InChI is InChI=1S/C32H22O4/c33-27-18-16-24(20-26(27)21-10-4-1-5-11-21)31(35)25-17-19-28(34)29(22-12-6-2-7-13-22)30(25)32(36)23-14-8-3-9-15-23/h1-20,33-34H. The summed E-state index contributed by atoms with van der Waals surface area (Å²) < 4.78 is 0. The van der Waals surface area contributed by atoms with Crippen molar-refractivity contribution >= 4 is 11.6 Å². The molecule has 36 heavy (non-hydrogen) atoms. The second-order valence-corrected chi connectivity index (χ2v) is 8.37. The molecule has 0 spiro atoms. The first-order valence-corrected chi connectivity index (χ1v) is 11.5. The number of rotatable bonds is 6. The number of hydrogen-bond donors (Lipinski definition) is 2. The molecular weight excluding hydrogens is 448 g/mol. The van der Waals surface area contributed by atoms with E-state index >= 15 is 0 Å². The summed E-state index contributed by atoms with van der Waals surface area (Å²) in [4.78, 5) is 27.7. The van der Waals surface area contributed by atoms with E-state index in [4.69, 9.17) is 0 Å². The van der Waals surface area contributed by atoms with Crippen molar-refractivity contribution < 1.29 is 19.8 Å². The van der Waals surface area contributed by atoms with Gasteiger partial charge in [0, 0.05) is 33.4 Å². The second kappa shape index (κ2) is 9.72. The normalized spacial score (nSPS) is 10.7. The van der Waals surface area contributed by atoms with Crippen LogP contribution >= 0.6 is 0 Å². The largest absolute Gasteiger partial charge is 0.507 e. The molecule has 4 heteroatoms. The Hall–Kier alpha value is -4.96. The Balaban J connectivity index is 1.71. The van der Waals surface area contributed by atoms with Crippen molar-refractivity contribution in [1.29, 1.82) is 0 Å². The van der Waals surface area contributed by atoms with E-state index in [1.54, 1.807) is 42.5 Å². The van der Waals surface area contributed by atoms with Gasteiger partial charge in [0.2, 0.25) is 0 Å². The van der Waals surface area contributed by atoms with Gasteiger partial charge in [-0.3, -0.25) is 9.59 Å². The SMILES string of the molecule is O=C(c1ccc(O)c(-c2ccccc2)c1)c1ccc(O)c(-c2ccccc2)c1C(=O)c1ccccc1. The first-order chi connectivity index (χ1) is 17.5. The van der Waals surface area contributed by atoms with E-state index in [-0.39, 0.29) is 34.2 Å². The number of ketones is 2. The van der Waals surface area contributed by atoms with Crippen LogP contribution in [0.5, 0.6) is 11.5 Å². The summed E-state index contributed by atoms with van der Waals surface area (Å²) in [6, 6.07) is 34.6. The van der Waals surface area contributed by atoms with Gasteiger partial charge in [0.1, 0.15) is 11.5 Å². The predicted octanol–water partition coefficient (Wildman–Crippen LogP) is 6.89. The highest BCUT2D eigenvalue weighted by Gasteiger charge is 2.26. The average Bonchev–Trinajstić information content (AvgIpc) is 2.94. The molecule has 0 unspecified atom stereocenters. The van der Waals surface area contributed by atoms with Crippen molar-refractivity contribution in [2.24, 2.45) is 0 Å². The Labute approximate surface area is 208 Å². The van der Waals surface area contributed by atoms with Gasteiger partial charge in [-0.15, -0.1) is 0 Å². The Morgan fingerprint density at radius 3 is 1.69 bits per heavy atom. The van der Waals surface area contributed by atoms with Crippen LogP contribution in [0.2, 0.25) is 0 Å². The molecule has 2 N–H and O–H groups in total. The molecule has 0 saturated heterocycles. The molecule has 0 radical (unpaired) electrons. The molecule has 4 nitrogen and oxygen atoms in total.